The maximum absolute atomic E-state index is 4.18. The largest absolute Gasteiger partial charge is 0.264 e. The van der Waals surface area contributed by atoms with Gasteiger partial charge in [0.15, 0.2) is 0 Å². The summed E-state index contributed by atoms with van der Waals surface area (Å²) in [5, 5.41) is 0. The van der Waals surface area contributed by atoms with Crippen molar-refractivity contribution in [3.63, 3.8) is 0 Å². The van der Waals surface area contributed by atoms with Gasteiger partial charge < -0.3 is 0 Å². The molecule has 0 saturated heterocycles. The Hall–Kier alpha value is -3.40. The van der Waals surface area contributed by atoms with Crippen molar-refractivity contribution < 1.29 is 0 Å². The molecule has 0 N–H and O–H groups in total. The molecule has 0 bridgehead atoms. The molecule has 0 spiro atoms. The van der Waals surface area contributed by atoms with Crippen molar-refractivity contribution in [2.24, 2.45) is 0 Å². The molecular weight excluding hydrogens is 440 g/mol. The quantitative estimate of drug-likeness (QED) is 0.290. The molecule has 4 aromatic heterocycles. The van der Waals surface area contributed by atoms with Crippen LogP contribution in [-0.4, -0.2) is 19.9 Å². The molecule has 0 aliphatic rings. The summed E-state index contributed by atoms with van der Waals surface area (Å²) in [7, 11) is 0. The summed E-state index contributed by atoms with van der Waals surface area (Å²) in [6, 6.07) is 20.1. The highest BCUT2D eigenvalue weighted by molar-refractivity contribution is 5.13. The Labute approximate surface area is 219 Å². The van der Waals surface area contributed by atoms with E-state index in [1.54, 1.807) is 12.4 Å². The number of hydrogen-bond donors (Lipinski definition) is 0. The Morgan fingerprint density at radius 2 is 0.806 bits per heavy atom. The molecule has 0 atom stereocenters. The summed E-state index contributed by atoms with van der Waals surface area (Å²) in [5.41, 5.74) is 4.94. The molecule has 0 radical (unpaired) electrons. The van der Waals surface area contributed by atoms with Gasteiger partial charge in [-0.2, -0.15) is 0 Å². The van der Waals surface area contributed by atoms with Crippen molar-refractivity contribution in [1.29, 1.82) is 0 Å². The van der Waals surface area contributed by atoms with E-state index in [4.69, 9.17) is 0 Å². The van der Waals surface area contributed by atoms with Crippen LogP contribution in [0.5, 0.6) is 0 Å². The summed E-state index contributed by atoms with van der Waals surface area (Å²) >= 11 is 0. The van der Waals surface area contributed by atoms with Gasteiger partial charge in [0, 0.05) is 48.6 Å². The van der Waals surface area contributed by atoms with Crippen LogP contribution >= 0.6 is 0 Å². The van der Waals surface area contributed by atoms with Crippen LogP contribution in [0, 0.1) is 0 Å². The van der Waals surface area contributed by atoms with Gasteiger partial charge in [0.05, 0.1) is 0 Å². The molecule has 0 saturated carbocycles. The van der Waals surface area contributed by atoms with Crippen molar-refractivity contribution in [3.05, 3.63) is 120 Å². The third kappa shape index (κ3) is 13.5. The number of hydrogen-bond acceptors (Lipinski definition) is 4. The molecule has 192 valence electrons. The van der Waals surface area contributed by atoms with Crippen molar-refractivity contribution in [2.45, 2.75) is 79.1 Å². The predicted octanol–water partition coefficient (Wildman–Crippen LogP) is 8.82. The highest BCUT2D eigenvalue weighted by Crippen LogP contribution is 2.11. The maximum Gasteiger partial charge on any atom is 0.0428 e. The van der Waals surface area contributed by atoms with Gasteiger partial charge in [0.2, 0.25) is 0 Å². The first kappa shape index (κ1) is 30.6. The van der Waals surface area contributed by atoms with E-state index in [0.717, 1.165) is 11.4 Å². The monoisotopic (exact) mass is 484 g/mol. The highest BCUT2D eigenvalue weighted by atomic mass is 14.7. The fourth-order valence-electron chi connectivity index (χ4n) is 2.87. The molecule has 0 aliphatic heterocycles. The van der Waals surface area contributed by atoms with Crippen LogP contribution in [-0.2, 0) is 0 Å². The van der Waals surface area contributed by atoms with E-state index < -0.39 is 0 Å². The lowest BCUT2D eigenvalue weighted by atomic mass is 10.1. The third-order valence-electron chi connectivity index (χ3n) is 5.26. The molecule has 4 rings (SSSR count). The molecule has 0 aliphatic carbocycles. The highest BCUT2D eigenvalue weighted by Gasteiger charge is 1.97. The van der Waals surface area contributed by atoms with E-state index in [9.17, 15) is 0 Å². The summed E-state index contributed by atoms with van der Waals surface area (Å²) in [4.78, 5) is 16.4. The molecule has 4 nitrogen and oxygen atoms in total. The van der Waals surface area contributed by atoms with Gasteiger partial charge in [0.25, 0.3) is 0 Å². The van der Waals surface area contributed by atoms with Gasteiger partial charge >= 0.3 is 0 Å². The van der Waals surface area contributed by atoms with Crippen LogP contribution in [0.2, 0.25) is 0 Å². The Balaban J connectivity index is 0.000000240. The lowest BCUT2D eigenvalue weighted by Gasteiger charge is -2.00. The normalized spacial score (nSPS) is 10.1. The lowest BCUT2D eigenvalue weighted by molar-refractivity contribution is 0.823. The fourth-order valence-corrected chi connectivity index (χ4v) is 2.87. The Kier molecular flexibility index (Phi) is 15.3. The first-order chi connectivity index (χ1) is 17.2. The van der Waals surface area contributed by atoms with E-state index in [2.05, 4.69) is 87.5 Å². The average molecular weight is 485 g/mol. The maximum atomic E-state index is 4.18. The van der Waals surface area contributed by atoms with Crippen LogP contribution in [0.25, 0.3) is 0 Å². The fraction of sp³-hybridized carbons (Fsp3) is 0.375. The molecule has 0 unspecified atom stereocenters. The number of aromatic nitrogens is 4. The second kappa shape index (κ2) is 18.0. The first-order valence-corrected chi connectivity index (χ1v) is 12.8. The predicted molar refractivity (Wildman–Crippen MR) is 153 cm³/mol. The lowest BCUT2D eigenvalue weighted by Crippen LogP contribution is -1.88. The molecule has 0 amide bonds. The number of rotatable bonds is 4. The number of pyridine rings is 4. The Morgan fingerprint density at radius 3 is 0.972 bits per heavy atom. The first-order valence-electron chi connectivity index (χ1n) is 12.8. The summed E-state index contributed by atoms with van der Waals surface area (Å²) in [6.45, 7) is 17.2. The molecule has 0 fully saturated rings. The van der Waals surface area contributed by atoms with E-state index in [0.29, 0.717) is 23.7 Å². The van der Waals surface area contributed by atoms with Crippen molar-refractivity contribution >= 4 is 0 Å². The smallest absolute Gasteiger partial charge is 0.0428 e. The van der Waals surface area contributed by atoms with E-state index in [1.807, 2.05) is 73.3 Å². The zero-order valence-corrected chi connectivity index (χ0v) is 23.3. The molecule has 4 heterocycles. The Morgan fingerprint density at radius 1 is 0.417 bits per heavy atom. The van der Waals surface area contributed by atoms with Crippen LogP contribution in [0.15, 0.2) is 97.8 Å². The second-order valence-electron chi connectivity index (χ2n) is 9.70. The van der Waals surface area contributed by atoms with E-state index in [-0.39, 0.29) is 0 Å². The van der Waals surface area contributed by atoms with Crippen molar-refractivity contribution in [3.8, 4) is 0 Å². The zero-order valence-electron chi connectivity index (χ0n) is 23.3. The Bertz CT molecular complexity index is 843. The van der Waals surface area contributed by atoms with Gasteiger partial charge in [-0.05, 0) is 71.2 Å². The molecule has 36 heavy (non-hydrogen) atoms. The van der Waals surface area contributed by atoms with Crippen molar-refractivity contribution in [1.82, 2.24) is 19.9 Å². The van der Waals surface area contributed by atoms with Gasteiger partial charge in [-0.3, -0.25) is 19.9 Å². The van der Waals surface area contributed by atoms with E-state index in [1.165, 1.54) is 11.1 Å². The minimum atomic E-state index is 0.547. The van der Waals surface area contributed by atoms with E-state index >= 15 is 0 Å². The molecular formula is C32H44N4. The van der Waals surface area contributed by atoms with Gasteiger partial charge in [0.1, 0.15) is 0 Å². The minimum Gasteiger partial charge on any atom is -0.264 e. The topological polar surface area (TPSA) is 51.6 Å². The third-order valence-corrected chi connectivity index (χ3v) is 5.26. The van der Waals surface area contributed by atoms with Crippen LogP contribution in [0.1, 0.15) is 102 Å². The summed E-state index contributed by atoms with van der Waals surface area (Å²) in [6.07, 6.45) is 11.1. The van der Waals surface area contributed by atoms with Gasteiger partial charge in [-0.1, -0.05) is 79.7 Å². The summed E-state index contributed by atoms with van der Waals surface area (Å²) < 4.78 is 0. The van der Waals surface area contributed by atoms with Gasteiger partial charge in [-0.15, -0.1) is 0 Å². The standard InChI is InChI=1S/4C8H11N/c2*1-7(2)8-4-3-5-9-6-8;2*1-7(2)8-5-3-4-6-9-8/h4*3-7H,1-2H3. The second-order valence-corrected chi connectivity index (χ2v) is 9.70. The SMILES string of the molecule is CC(C)c1ccccn1.CC(C)c1ccccn1.CC(C)c1cccnc1.CC(C)c1cccnc1. The minimum absolute atomic E-state index is 0.547. The van der Waals surface area contributed by atoms with Crippen LogP contribution in [0.3, 0.4) is 0 Å². The molecule has 4 aromatic rings. The van der Waals surface area contributed by atoms with Crippen LogP contribution in [0.4, 0.5) is 0 Å². The van der Waals surface area contributed by atoms with Gasteiger partial charge in [-0.25, -0.2) is 0 Å². The average Bonchev–Trinajstić information content (AvgIpc) is 2.92. The molecule has 0 aromatic carbocycles. The van der Waals surface area contributed by atoms with Crippen LogP contribution < -0.4 is 0 Å². The van der Waals surface area contributed by atoms with Crippen molar-refractivity contribution in [2.75, 3.05) is 0 Å². The summed E-state index contributed by atoms with van der Waals surface area (Å²) in [5.74, 6) is 2.29. The molecule has 4 heteroatoms. The number of nitrogens with zero attached hydrogens (tertiary/aromatic N) is 4. The zero-order chi connectivity index (χ0) is 26.8.